The summed E-state index contributed by atoms with van der Waals surface area (Å²) in [7, 11) is 0. The van der Waals surface area contributed by atoms with Gasteiger partial charge in [-0.1, -0.05) is 13.0 Å². The van der Waals surface area contributed by atoms with Crippen LogP contribution >= 0.6 is 15.9 Å². The number of carbonyl (C=O) groups excluding carboxylic acids is 2. The molecule has 2 fully saturated rings. The summed E-state index contributed by atoms with van der Waals surface area (Å²) in [5.74, 6) is 0.00134. The highest BCUT2D eigenvalue weighted by Gasteiger charge is 2.39. The summed E-state index contributed by atoms with van der Waals surface area (Å²) < 4.78 is 0.911. The highest BCUT2D eigenvalue weighted by atomic mass is 79.9. The number of hydrogen-bond acceptors (Lipinski definition) is 2. The second-order valence-corrected chi connectivity index (χ2v) is 7.80. The van der Waals surface area contributed by atoms with Crippen molar-refractivity contribution in [3.63, 3.8) is 0 Å². The number of piperidine rings is 1. The first-order valence-electron chi connectivity index (χ1n) is 8.88. The van der Waals surface area contributed by atoms with E-state index in [0.29, 0.717) is 19.0 Å². The summed E-state index contributed by atoms with van der Waals surface area (Å²) in [6.45, 7) is 5.50. The Morgan fingerprint density at radius 3 is 2.83 bits per heavy atom. The first kappa shape index (κ1) is 17.5. The highest BCUT2D eigenvalue weighted by Crippen LogP contribution is 2.33. The molecule has 2 atom stereocenters. The van der Waals surface area contributed by atoms with Crippen LogP contribution in [0.4, 0.5) is 5.69 Å². The Balaban J connectivity index is 1.75. The predicted octanol–water partition coefficient (Wildman–Crippen LogP) is 3.90. The van der Waals surface area contributed by atoms with Crippen molar-refractivity contribution in [2.45, 2.75) is 52.0 Å². The molecule has 1 aromatic carbocycles. The van der Waals surface area contributed by atoms with E-state index in [4.69, 9.17) is 0 Å². The van der Waals surface area contributed by atoms with Crippen LogP contribution in [0.15, 0.2) is 22.7 Å². The van der Waals surface area contributed by atoms with Gasteiger partial charge in [0.25, 0.3) is 0 Å². The van der Waals surface area contributed by atoms with Gasteiger partial charge >= 0.3 is 0 Å². The van der Waals surface area contributed by atoms with E-state index < -0.39 is 0 Å². The van der Waals surface area contributed by atoms with Crippen LogP contribution in [0.2, 0.25) is 0 Å². The summed E-state index contributed by atoms with van der Waals surface area (Å²) in [5, 5.41) is 0. The number of nitrogens with zero attached hydrogens (tertiary/aromatic N) is 2. The Kier molecular flexibility index (Phi) is 5.28. The lowest BCUT2D eigenvalue weighted by molar-refractivity contribution is -0.139. The van der Waals surface area contributed by atoms with Crippen molar-refractivity contribution >= 4 is 33.4 Å². The molecule has 4 nitrogen and oxygen atoms in total. The molecule has 1 aromatic rings. The number of amides is 2. The number of hydrogen-bond donors (Lipinski definition) is 0. The summed E-state index contributed by atoms with van der Waals surface area (Å²) in [4.78, 5) is 29.3. The van der Waals surface area contributed by atoms with Crippen LogP contribution in [0.25, 0.3) is 0 Å². The van der Waals surface area contributed by atoms with Crippen LogP contribution in [-0.2, 0) is 9.59 Å². The molecule has 2 aliphatic heterocycles. The molecule has 2 aliphatic rings. The van der Waals surface area contributed by atoms with E-state index in [1.165, 1.54) is 6.42 Å². The fourth-order valence-corrected chi connectivity index (χ4v) is 4.59. The lowest BCUT2D eigenvalue weighted by Crippen LogP contribution is -2.46. The van der Waals surface area contributed by atoms with E-state index >= 15 is 0 Å². The quantitative estimate of drug-likeness (QED) is 0.782. The molecule has 2 saturated heterocycles. The SMILES string of the molecule is CCC1CCCCN1C(=O)C1CC(=O)N(c2ccc(C)cc2Br)C1. The van der Waals surface area contributed by atoms with Crippen molar-refractivity contribution in [3.05, 3.63) is 28.2 Å². The molecular weight excluding hydrogens is 368 g/mol. The number of benzene rings is 1. The molecule has 0 radical (unpaired) electrons. The van der Waals surface area contributed by atoms with Crippen LogP contribution < -0.4 is 4.90 Å². The molecule has 24 heavy (non-hydrogen) atoms. The molecule has 2 heterocycles. The fourth-order valence-electron chi connectivity index (χ4n) is 3.89. The van der Waals surface area contributed by atoms with Crippen LogP contribution in [0.5, 0.6) is 0 Å². The van der Waals surface area contributed by atoms with Gasteiger partial charge in [0, 0.05) is 30.0 Å². The Morgan fingerprint density at radius 2 is 2.12 bits per heavy atom. The minimum atomic E-state index is -0.210. The predicted molar refractivity (Wildman–Crippen MR) is 99.0 cm³/mol. The van der Waals surface area contributed by atoms with Gasteiger partial charge in [0.05, 0.1) is 11.6 Å². The second kappa shape index (κ2) is 7.26. The number of carbonyl (C=O) groups is 2. The van der Waals surface area contributed by atoms with E-state index in [2.05, 4.69) is 22.9 Å². The van der Waals surface area contributed by atoms with E-state index in [1.54, 1.807) is 4.90 Å². The molecule has 0 N–H and O–H groups in total. The van der Waals surface area contributed by atoms with E-state index in [1.807, 2.05) is 30.0 Å². The van der Waals surface area contributed by atoms with Crippen molar-refractivity contribution in [2.24, 2.45) is 5.92 Å². The molecule has 0 spiro atoms. The smallest absolute Gasteiger partial charge is 0.228 e. The molecule has 0 aromatic heterocycles. The van der Waals surface area contributed by atoms with Crippen molar-refractivity contribution in [2.75, 3.05) is 18.0 Å². The summed E-state index contributed by atoms with van der Waals surface area (Å²) in [6, 6.07) is 6.32. The molecule has 2 amide bonds. The molecule has 2 unspecified atom stereocenters. The summed E-state index contributed by atoms with van der Waals surface area (Å²) >= 11 is 3.55. The zero-order valence-electron chi connectivity index (χ0n) is 14.4. The highest BCUT2D eigenvalue weighted by molar-refractivity contribution is 9.10. The first-order chi connectivity index (χ1) is 11.5. The molecule has 0 saturated carbocycles. The molecule has 3 rings (SSSR count). The van der Waals surface area contributed by atoms with Crippen molar-refractivity contribution in [1.82, 2.24) is 4.90 Å². The monoisotopic (exact) mass is 392 g/mol. The van der Waals surface area contributed by atoms with Gasteiger partial charge in [0.15, 0.2) is 0 Å². The van der Waals surface area contributed by atoms with Crippen molar-refractivity contribution in [3.8, 4) is 0 Å². The number of aryl methyl sites for hydroxylation is 1. The maximum atomic E-state index is 13.0. The number of halogens is 1. The lowest BCUT2D eigenvalue weighted by Gasteiger charge is -2.36. The number of anilines is 1. The maximum absolute atomic E-state index is 13.0. The van der Waals surface area contributed by atoms with Crippen LogP contribution in [0.3, 0.4) is 0 Å². The third-order valence-corrected chi connectivity index (χ3v) is 5.88. The van der Waals surface area contributed by atoms with Crippen molar-refractivity contribution < 1.29 is 9.59 Å². The van der Waals surface area contributed by atoms with E-state index in [-0.39, 0.29) is 17.7 Å². The van der Waals surface area contributed by atoms with Gasteiger partial charge in [-0.15, -0.1) is 0 Å². The summed E-state index contributed by atoms with van der Waals surface area (Å²) in [5.41, 5.74) is 2.01. The Morgan fingerprint density at radius 1 is 1.33 bits per heavy atom. The average Bonchev–Trinajstić information content (AvgIpc) is 2.96. The average molecular weight is 393 g/mol. The van der Waals surface area contributed by atoms with Crippen LogP contribution in [0, 0.1) is 12.8 Å². The molecule has 0 aliphatic carbocycles. The van der Waals surface area contributed by atoms with Crippen LogP contribution in [-0.4, -0.2) is 35.8 Å². The second-order valence-electron chi connectivity index (χ2n) is 6.95. The van der Waals surface area contributed by atoms with E-state index in [0.717, 1.165) is 41.5 Å². The van der Waals surface area contributed by atoms with Gasteiger partial charge in [-0.25, -0.2) is 0 Å². The standard InChI is InChI=1S/C19H25BrN2O2/c1-3-15-6-4-5-9-21(15)19(24)14-11-18(23)22(12-14)17-8-7-13(2)10-16(17)20/h7-8,10,14-15H,3-6,9,11-12H2,1-2H3. The molecule has 130 valence electrons. The largest absolute Gasteiger partial charge is 0.339 e. The normalized spacial score (nSPS) is 24.5. The van der Waals surface area contributed by atoms with Crippen molar-refractivity contribution in [1.29, 1.82) is 0 Å². The first-order valence-corrected chi connectivity index (χ1v) is 9.67. The maximum Gasteiger partial charge on any atom is 0.228 e. The Labute approximate surface area is 152 Å². The molecular formula is C19H25BrN2O2. The molecule has 0 bridgehead atoms. The minimum Gasteiger partial charge on any atom is -0.339 e. The van der Waals surface area contributed by atoms with Gasteiger partial charge in [-0.05, 0) is 66.2 Å². The van der Waals surface area contributed by atoms with Gasteiger partial charge in [0.1, 0.15) is 0 Å². The van der Waals surface area contributed by atoms with E-state index in [9.17, 15) is 9.59 Å². The zero-order chi connectivity index (χ0) is 17.3. The molecule has 5 heteroatoms. The minimum absolute atomic E-state index is 0.0444. The van der Waals surface area contributed by atoms with Gasteiger partial charge < -0.3 is 9.80 Å². The third kappa shape index (κ3) is 3.37. The Bertz CT molecular complexity index is 646. The lowest BCUT2D eigenvalue weighted by atomic mass is 9.97. The fraction of sp³-hybridized carbons (Fsp3) is 0.579. The number of likely N-dealkylation sites (tertiary alicyclic amines) is 1. The van der Waals surface area contributed by atoms with Crippen LogP contribution in [0.1, 0.15) is 44.6 Å². The third-order valence-electron chi connectivity index (χ3n) is 5.25. The topological polar surface area (TPSA) is 40.6 Å². The van der Waals surface area contributed by atoms with Gasteiger partial charge in [-0.3, -0.25) is 9.59 Å². The zero-order valence-corrected chi connectivity index (χ0v) is 16.0. The summed E-state index contributed by atoms with van der Waals surface area (Å²) in [6.07, 6.45) is 4.70. The Hall–Kier alpha value is -1.36. The van der Waals surface area contributed by atoms with Gasteiger partial charge in [-0.2, -0.15) is 0 Å². The van der Waals surface area contributed by atoms with Gasteiger partial charge in [0.2, 0.25) is 11.8 Å². The number of rotatable bonds is 3.